The zero-order valence-electron chi connectivity index (χ0n) is 59.8. The molecule has 0 N–H and O–H groups in total. The first-order valence-electron chi connectivity index (χ1n) is 37.5. The molecular formula is C100H59N9OS2. The normalized spacial score (nSPS) is 11.9. The summed E-state index contributed by atoms with van der Waals surface area (Å²) in [5.41, 5.74) is 16.6. The van der Waals surface area contributed by atoms with Crippen molar-refractivity contribution < 1.29 is 4.42 Å². The SMILES string of the molecule is c1ccc(-c2nc3oc4ccccc4c3nc2-n2c3ccccc3c3cc4ccccc4cc32)cc1.c1ccc(-c2nc3sc4ccccc4c3nc2-n2c3ccccc3c3cc4ccccc4cc32)cc1.c1ccc2cc(-c3nc(-n4c5ccccc5c5cc6ccccc6cc54)nc4c3sc3ccccc34)ccc2c1. The summed E-state index contributed by atoms with van der Waals surface area (Å²) in [4.78, 5) is 32.6. The van der Waals surface area contributed by atoms with Crippen molar-refractivity contribution in [3.05, 3.63) is 358 Å². The molecule has 0 saturated carbocycles. The van der Waals surface area contributed by atoms with Crippen LogP contribution in [0.4, 0.5) is 0 Å². The van der Waals surface area contributed by atoms with E-state index in [4.69, 9.17) is 34.3 Å². The average molecular weight is 1470 g/mol. The van der Waals surface area contributed by atoms with E-state index in [0.29, 0.717) is 11.7 Å². The van der Waals surface area contributed by atoms with Gasteiger partial charge in [0.15, 0.2) is 11.6 Å². The summed E-state index contributed by atoms with van der Waals surface area (Å²) < 4.78 is 16.5. The number of hydrogen-bond acceptors (Lipinski definition) is 9. The summed E-state index contributed by atoms with van der Waals surface area (Å²) in [5, 5.41) is 20.3. The fourth-order valence-electron chi connectivity index (χ4n) is 16.8. The van der Waals surface area contributed by atoms with Gasteiger partial charge >= 0.3 is 0 Å². The second kappa shape index (κ2) is 25.5. The molecule has 12 heteroatoms. The average Bonchev–Trinajstić information content (AvgIpc) is 1.57. The van der Waals surface area contributed by atoms with Crippen molar-refractivity contribution in [3.63, 3.8) is 0 Å². The van der Waals surface area contributed by atoms with Gasteiger partial charge in [-0.2, -0.15) is 0 Å². The van der Waals surface area contributed by atoms with Crippen molar-refractivity contribution in [2.45, 2.75) is 0 Å². The lowest BCUT2D eigenvalue weighted by Crippen LogP contribution is -2.03. The third-order valence-electron chi connectivity index (χ3n) is 22.0. The van der Waals surface area contributed by atoms with E-state index >= 15 is 0 Å². The molecule has 0 radical (unpaired) electrons. The lowest BCUT2D eigenvalue weighted by Gasteiger charge is -2.13. The minimum absolute atomic E-state index is 0.546. The molecule has 0 aliphatic carbocycles. The molecule has 522 valence electrons. The standard InChI is InChI=1S/C36H21N3S.C32H19N3O.C32H19N3S/c1-2-10-23-19-26(18-17-22(23)9-1)33-35-34(28-14-6-8-16-32(28)40-35)38-36(37-33)39-30-15-7-5-13-27(30)29-20-24-11-3-4-12-25(24)21-31(29)39;2*1-2-10-20(11-3-1)29-31(33-30-24-15-7-9-17-28(24)36-32(30)34-29)35-26-16-8-6-14-23(26)25-18-21-12-4-5-13-22(21)19-27(25)35/h1-21H;2*1-19H. The minimum Gasteiger partial charge on any atom is -0.436 e. The van der Waals surface area contributed by atoms with Crippen molar-refractivity contribution in [3.8, 4) is 51.4 Å². The van der Waals surface area contributed by atoms with Gasteiger partial charge in [-0.05, 0) is 128 Å². The van der Waals surface area contributed by atoms with Gasteiger partial charge in [0, 0.05) is 74.6 Å². The molecule has 0 amide bonds. The first-order chi connectivity index (χ1) is 55.5. The molecule has 0 bridgehead atoms. The lowest BCUT2D eigenvalue weighted by atomic mass is 10.0. The third-order valence-corrected chi connectivity index (χ3v) is 24.2. The van der Waals surface area contributed by atoms with Crippen LogP contribution >= 0.6 is 22.7 Å². The van der Waals surface area contributed by atoms with Crippen molar-refractivity contribution in [2.24, 2.45) is 0 Å². The van der Waals surface area contributed by atoms with Crippen LogP contribution in [0, 0.1) is 0 Å². The summed E-state index contributed by atoms with van der Waals surface area (Å²) in [6.45, 7) is 0. The maximum Gasteiger partial charge on any atom is 0.247 e. The molecule has 25 rings (SSSR count). The second-order valence-electron chi connectivity index (χ2n) is 28.4. The topological polar surface area (TPSA) is 105 Å². The number of nitrogens with zero attached hydrogens (tertiary/aromatic N) is 9. The van der Waals surface area contributed by atoms with Crippen molar-refractivity contribution in [2.75, 3.05) is 0 Å². The van der Waals surface area contributed by atoms with E-state index in [1.54, 1.807) is 22.7 Å². The van der Waals surface area contributed by atoms with Gasteiger partial charge in [-0.25, -0.2) is 29.9 Å². The van der Waals surface area contributed by atoms with Crippen molar-refractivity contribution >= 4 is 194 Å². The van der Waals surface area contributed by atoms with Crippen LogP contribution in [0.15, 0.2) is 362 Å². The molecule has 25 aromatic rings. The number of thiophene rings is 2. The molecule has 0 aliphatic heterocycles. The fraction of sp³-hybridized carbons (Fsp3) is 0. The van der Waals surface area contributed by atoms with E-state index < -0.39 is 0 Å². The van der Waals surface area contributed by atoms with Gasteiger partial charge in [-0.15, -0.1) is 22.7 Å². The largest absolute Gasteiger partial charge is 0.436 e. The Morgan fingerprint density at radius 3 is 1.18 bits per heavy atom. The summed E-state index contributed by atoms with van der Waals surface area (Å²) in [7, 11) is 0. The number of furan rings is 1. The quantitative estimate of drug-likeness (QED) is 0.163. The monoisotopic (exact) mass is 1470 g/mol. The molecule has 0 unspecified atom stereocenters. The van der Waals surface area contributed by atoms with Crippen molar-refractivity contribution in [1.29, 1.82) is 0 Å². The number of aromatic nitrogens is 9. The number of para-hydroxylation sites is 4. The lowest BCUT2D eigenvalue weighted by molar-refractivity contribution is 0.653. The smallest absolute Gasteiger partial charge is 0.247 e. The molecule has 16 aromatic carbocycles. The van der Waals surface area contributed by atoms with Crippen LogP contribution in [-0.2, 0) is 0 Å². The Morgan fingerprint density at radius 1 is 0.232 bits per heavy atom. The van der Waals surface area contributed by atoms with E-state index in [-0.39, 0.29) is 0 Å². The zero-order chi connectivity index (χ0) is 73.5. The molecule has 9 aromatic heterocycles. The summed E-state index contributed by atoms with van der Waals surface area (Å²) in [6.07, 6.45) is 0. The molecule has 0 aliphatic rings. The Kier molecular flexibility index (Phi) is 14.5. The molecule has 0 spiro atoms. The summed E-state index contributed by atoms with van der Waals surface area (Å²) >= 11 is 3.47. The highest BCUT2D eigenvalue weighted by Crippen LogP contribution is 2.45. The Bertz CT molecular complexity index is 7870. The Hall–Kier alpha value is -14.6. The highest BCUT2D eigenvalue weighted by Gasteiger charge is 2.26. The number of benzene rings is 16. The van der Waals surface area contributed by atoms with E-state index in [2.05, 4.69) is 323 Å². The van der Waals surface area contributed by atoms with E-state index in [0.717, 1.165) is 121 Å². The number of fused-ring (bicyclic) bond motifs is 22. The van der Waals surface area contributed by atoms with Crippen LogP contribution in [0.2, 0.25) is 0 Å². The van der Waals surface area contributed by atoms with Crippen LogP contribution in [-0.4, -0.2) is 43.6 Å². The van der Waals surface area contributed by atoms with Crippen LogP contribution in [0.25, 0.3) is 223 Å². The number of rotatable bonds is 6. The summed E-state index contributed by atoms with van der Waals surface area (Å²) in [6, 6.07) is 126. The zero-order valence-corrected chi connectivity index (χ0v) is 61.4. The van der Waals surface area contributed by atoms with Crippen LogP contribution in [0.3, 0.4) is 0 Å². The molecule has 0 saturated heterocycles. The van der Waals surface area contributed by atoms with Crippen LogP contribution < -0.4 is 0 Å². The van der Waals surface area contributed by atoms with E-state index in [9.17, 15) is 0 Å². The van der Waals surface area contributed by atoms with Gasteiger partial charge in [0.2, 0.25) is 11.7 Å². The molecule has 10 nitrogen and oxygen atoms in total. The Morgan fingerprint density at radius 2 is 0.634 bits per heavy atom. The first-order valence-corrected chi connectivity index (χ1v) is 39.1. The maximum atomic E-state index is 6.14. The predicted molar refractivity (Wildman–Crippen MR) is 469 cm³/mol. The Labute approximate surface area is 646 Å². The first kappa shape index (κ1) is 63.5. The maximum absolute atomic E-state index is 6.14. The van der Waals surface area contributed by atoms with Crippen LogP contribution in [0.5, 0.6) is 0 Å². The fourth-order valence-corrected chi connectivity index (χ4v) is 18.9. The Balaban J connectivity index is 0.000000100. The molecule has 0 fully saturated rings. The van der Waals surface area contributed by atoms with Gasteiger partial charge < -0.3 is 4.42 Å². The second-order valence-corrected chi connectivity index (χ2v) is 30.5. The molecular weight excluding hydrogens is 1410 g/mol. The third kappa shape index (κ3) is 10.2. The molecule has 0 atom stereocenters. The van der Waals surface area contributed by atoms with Gasteiger partial charge in [0.1, 0.15) is 32.8 Å². The van der Waals surface area contributed by atoms with Crippen LogP contribution in [0.1, 0.15) is 0 Å². The van der Waals surface area contributed by atoms with E-state index in [1.165, 1.54) is 90.2 Å². The van der Waals surface area contributed by atoms with Gasteiger partial charge in [0.25, 0.3) is 0 Å². The predicted octanol–water partition coefficient (Wildman–Crippen LogP) is 27.0. The highest BCUT2D eigenvalue weighted by molar-refractivity contribution is 7.26. The van der Waals surface area contributed by atoms with Gasteiger partial charge in [0.05, 0.1) is 49.0 Å². The number of hydrogen-bond donors (Lipinski definition) is 0. The van der Waals surface area contributed by atoms with Gasteiger partial charge in [-0.3, -0.25) is 13.7 Å². The van der Waals surface area contributed by atoms with Crippen molar-refractivity contribution in [1.82, 2.24) is 43.6 Å². The van der Waals surface area contributed by atoms with E-state index in [1.807, 2.05) is 48.5 Å². The van der Waals surface area contributed by atoms with Gasteiger partial charge in [-0.1, -0.05) is 273 Å². The molecule has 112 heavy (non-hydrogen) atoms. The summed E-state index contributed by atoms with van der Waals surface area (Å²) in [5.74, 6) is 2.35. The molecule has 9 heterocycles. The highest BCUT2D eigenvalue weighted by atomic mass is 32.1. The minimum atomic E-state index is 0.546.